The van der Waals surface area contributed by atoms with Crippen molar-refractivity contribution >= 4 is 29.0 Å². The van der Waals surface area contributed by atoms with Crippen LogP contribution in [0.3, 0.4) is 0 Å². The van der Waals surface area contributed by atoms with E-state index in [1.165, 1.54) is 5.06 Å². The van der Waals surface area contributed by atoms with Gasteiger partial charge in [0.25, 0.3) is 0 Å². The van der Waals surface area contributed by atoms with Gasteiger partial charge in [-0.05, 0) is 42.0 Å². The second kappa shape index (κ2) is 8.76. The molecular formula is C25H23N5O3. The van der Waals surface area contributed by atoms with E-state index >= 15 is 0 Å². The van der Waals surface area contributed by atoms with Crippen LogP contribution < -0.4 is 10.6 Å². The van der Waals surface area contributed by atoms with Gasteiger partial charge in [-0.25, -0.2) is 9.78 Å². The molecule has 8 heteroatoms. The lowest BCUT2D eigenvalue weighted by Crippen LogP contribution is -2.58. The number of amides is 1. The Kier molecular flexibility index (Phi) is 5.50. The average molecular weight is 441 g/mol. The molecule has 1 amide bonds. The maximum Gasteiger partial charge on any atom is 0.357 e. The number of nitrogens with zero attached hydrogens (tertiary/aromatic N) is 4. The minimum atomic E-state index is -0.695. The summed E-state index contributed by atoms with van der Waals surface area (Å²) in [6.07, 6.45) is 4.09. The fraction of sp³-hybridized carbons (Fsp3) is 0.160. The Morgan fingerprint density at radius 3 is 2.52 bits per heavy atom. The van der Waals surface area contributed by atoms with Gasteiger partial charge in [0.1, 0.15) is 11.7 Å². The zero-order valence-electron chi connectivity index (χ0n) is 17.9. The van der Waals surface area contributed by atoms with Crippen molar-refractivity contribution < 1.29 is 14.4 Å². The maximum atomic E-state index is 13.6. The number of aromatic nitrogens is 2. The number of benzene rings is 2. The SMILES string of the molecule is Nc1ccc(C[C@@H]2C(=O)N(c3cn4ccccc4n3)CCN2OC(=O)c2ccccc2)cc1. The number of nitrogen functional groups attached to an aromatic ring is 1. The van der Waals surface area contributed by atoms with Crippen LogP contribution in [0.2, 0.25) is 0 Å². The number of piperazine rings is 1. The molecule has 3 heterocycles. The molecule has 1 aliphatic rings. The fourth-order valence-corrected chi connectivity index (χ4v) is 3.96. The van der Waals surface area contributed by atoms with Crippen molar-refractivity contribution in [2.45, 2.75) is 12.5 Å². The van der Waals surface area contributed by atoms with Crippen LogP contribution in [0.25, 0.3) is 5.65 Å². The molecule has 1 atom stereocenters. The third-order valence-electron chi connectivity index (χ3n) is 5.69. The lowest BCUT2D eigenvalue weighted by molar-refractivity contribution is -0.162. The highest BCUT2D eigenvalue weighted by atomic mass is 16.7. The molecule has 0 radical (unpaired) electrons. The van der Waals surface area contributed by atoms with Gasteiger partial charge < -0.3 is 15.0 Å². The minimum Gasteiger partial charge on any atom is -0.399 e. The Morgan fingerprint density at radius 2 is 1.76 bits per heavy atom. The molecule has 166 valence electrons. The Bertz CT molecular complexity index is 1250. The number of pyridine rings is 1. The predicted octanol–water partition coefficient (Wildman–Crippen LogP) is 2.95. The Morgan fingerprint density at radius 1 is 1.00 bits per heavy atom. The van der Waals surface area contributed by atoms with Crippen molar-refractivity contribution in [1.29, 1.82) is 0 Å². The first-order valence-electron chi connectivity index (χ1n) is 10.7. The van der Waals surface area contributed by atoms with E-state index in [0.717, 1.165) is 11.2 Å². The summed E-state index contributed by atoms with van der Waals surface area (Å²) >= 11 is 0. The number of anilines is 2. The summed E-state index contributed by atoms with van der Waals surface area (Å²) in [7, 11) is 0. The molecule has 8 nitrogen and oxygen atoms in total. The van der Waals surface area contributed by atoms with Crippen LogP contribution in [0.15, 0.2) is 85.2 Å². The number of nitrogens with two attached hydrogens (primary N) is 1. The maximum absolute atomic E-state index is 13.6. The van der Waals surface area contributed by atoms with E-state index in [9.17, 15) is 9.59 Å². The van der Waals surface area contributed by atoms with Gasteiger partial charge in [-0.15, -0.1) is 5.06 Å². The molecule has 1 aliphatic heterocycles. The molecule has 0 unspecified atom stereocenters. The summed E-state index contributed by atoms with van der Waals surface area (Å²) < 4.78 is 1.87. The topological polar surface area (TPSA) is 93.2 Å². The summed E-state index contributed by atoms with van der Waals surface area (Å²) in [5.41, 5.74) is 8.56. The molecule has 2 aromatic heterocycles. The van der Waals surface area contributed by atoms with Crippen molar-refractivity contribution in [3.05, 3.63) is 96.3 Å². The van der Waals surface area contributed by atoms with Gasteiger partial charge in [0.2, 0.25) is 5.91 Å². The standard InChI is InChI=1S/C25H23N5O3/c26-20-11-9-18(10-12-20)16-21-24(31)29(23-17-28-13-5-4-8-22(28)27-23)14-15-30(21)33-25(32)19-6-2-1-3-7-19/h1-13,17,21H,14-16,26H2/t21-/m1/s1. The average Bonchev–Trinajstić information content (AvgIpc) is 3.27. The highest BCUT2D eigenvalue weighted by molar-refractivity contribution is 5.98. The third kappa shape index (κ3) is 4.28. The van der Waals surface area contributed by atoms with Gasteiger partial charge in [-0.1, -0.05) is 36.4 Å². The second-order valence-electron chi connectivity index (χ2n) is 7.90. The monoisotopic (exact) mass is 441 g/mol. The molecule has 33 heavy (non-hydrogen) atoms. The number of hydrogen-bond acceptors (Lipinski definition) is 6. The van der Waals surface area contributed by atoms with Crippen LogP contribution in [-0.2, 0) is 16.1 Å². The Hall–Kier alpha value is -4.17. The first kappa shape index (κ1) is 20.7. The van der Waals surface area contributed by atoms with Crippen molar-refractivity contribution in [3.63, 3.8) is 0 Å². The Balaban J connectivity index is 1.43. The Labute approximate surface area is 190 Å². The summed E-state index contributed by atoms with van der Waals surface area (Å²) in [4.78, 5) is 38.3. The number of hydrogen-bond donors (Lipinski definition) is 1. The summed E-state index contributed by atoms with van der Waals surface area (Å²) in [5, 5.41) is 1.49. The number of carbonyl (C=O) groups excluding carboxylic acids is 2. The van der Waals surface area contributed by atoms with Crippen LogP contribution in [0.4, 0.5) is 11.5 Å². The van der Waals surface area contributed by atoms with E-state index in [1.807, 2.05) is 53.2 Å². The van der Waals surface area contributed by atoms with E-state index in [4.69, 9.17) is 10.6 Å². The predicted molar refractivity (Wildman–Crippen MR) is 124 cm³/mol. The van der Waals surface area contributed by atoms with Gasteiger partial charge in [0.05, 0.1) is 18.3 Å². The number of hydroxylamine groups is 2. The largest absolute Gasteiger partial charge is 0.399 e. The minimum absolute atomic E-state index is 0.178. The van der Waals surface area contributed by atoms with Crippen molar-refractivity contribution in [2.75, 3.05) is 23.7 Å². The van der Waals surface area contributed by atoms with E-state index in [0.29, 0.717) is 36.6 Å². The molecule has 0 bridgehead atoms. The number of fused-ring (bicyclic) bond motifs is 1. The summed E-state index contributed by atoms with van der Waals surface area (Å²) in [6.45, 7) is 0.709. The number of rotatable bonds is 5. The molecule has 5 rings (SSSR count). The van der Waals surface area contributed by atoms with Gasteiger partial charge in [0, 0.05) is 24.8 Å². The van der Waals surface area contributed by atoms with Crippen LogP contribution in [0.5, 0.6) is 0 Å². The van der Waals surface area contributed by atoms with E-state index in [1.54, 1.807) is 41.3 Å². The van der Waals surface area contributed by atoms with E-state index < -0.39 is 12.0 Å². The molecule has 0 saturated carbocycles. The first-order chi connectivity index (χ1) is 16.1. The molecule has 4 aromatic rings. The summed E-state index contributed by atoms with van der Waals surface area (Å²) in [6, 6.07) is 21.1. The van der Waals surface area contributed by atoms with Gasteiger partial charge >= 0.3 is 5.97 Å². The van der Waals surface area contributed by atoms with Crippen molar-refractivity contribution in [3.8, 4) is 0 Å². The first-order valence-corrected chi connectivity index (χ1v) is 10.7. The molecule has 2 aromatic carbocycles. The highest BCUT2D eigenvalue weighted by Gasteiger charge is 2.39. The van der Waals surface area contributed by atoms with Crippen LogP contribution in [0.1, 0.15) is 15.9 Å². The number of imidazole rings is 1. The van der Waals surface area contributed by atoms with Gasteiger partial charge in [-0.2, -0.15) is 0 Å². The number of carbonyl (C=O) groups is 2. The molecule has 0 aliphatic carbocycles. The zero-order valence-corrected chi connectivity index (χ0v) is 17.9. The van der Waals surface area contributed by atoms with E-state index in [-0.39, 0.29) is 5.91 Å². The van der Waals surface area contributed by atoms with Crippen LogP contribution in [0, 0.1) is 0 Å². The van der Waals surface area contributed by atoms with Crippen LogP contribution >= 0.6 is 0 Å². The smallest absolute Gasteiger partial charge is 0.357 e. The zero-order chi connectivity index (χ0) is 22.8. The third-order valence-corrected chi connectivity index (χ3v) is 5.69. The fourth-order valence-electron chi connectivity index (χ4n) is 3.96. The highest BCUT2D eigenvalue weighted by Crippen LogP contribution is 2.24. The molecular weight excluding hydrogens is 418 g/mol. The summed E-state index contributed by atoms with van der Waals surface area (Å²) in [5.74, 6) is -0.100. The quantitative estimate of drug-likeness (QED) is 0.479. The lowest BCUT2D eigenvalue weighted by atomic mass is 10.0. The van der Waals surface area contributed by atoms with E-state index in [2.05, 4.69) is 4.98 Å². The van der Waals surface area contributed by atoms with Crippen molar-refractivity contribution in [1.82, 2.24) is 14.4 Å². The second-order valence-corrected chi connectivity index (χ2v) is 7.90. The van der Waals surface area contributed by atoms with Crippen molar-refractivity contribution in [2.24, 2.45) is 0 Å². The molecule has 2 N–H and O–H groups in total. The molecule has 1 saturated heterocycles. The lowest BCUT2D eigenvalue weighted by Gasteiger charge is -2.38. The molecule has 0 spiro atoms. The van der Waals surface area contributed by atoms with Gasteiger partial charge in [0.15, 0.2) is 5.82 Å². The normalized spacial score (nSPS) is 16.8. The molecule has 1 fully saturated rings. The van der Waals surface area contributed by atoms with Crippen LogP contribution in [-0.4, -0.2) is 45.5 Å². The van der Waals surface area contributed by atoms with Gasteiger partial charge in [-0.3, -0.25) is 9.69 Å².